The van der Waals surface area contributed by atoms with Crippen molar-refractivity contribution in [2.75, 3.05) is 5.32 Å². The molecule has 0 aromatic heterocycles. The molecule has 2 rings (SSSR count). The molecule has 4 heteroatoms. The number of carbonyl (C=O) groups excluding carboxylic acids is 2. The highest BCUT2D eigenvalue weighted by Gasteiger charge is 2.24. The zero-order valence-electron chi connectivity index (χ0n) is 14.4. The maximum atomic E-state index is 12.5. The average molecular weight is 324 g/mol. The van der Waals surface area contributed by atoms with E-state index in [1.54, 1.807) is 0 Å². The van der Waals surface area contributed by atoms with Gasteiger partial charge in [0.1, 0.15) is 6.04 Å². The van der Waals surface area contributed by atoms with E-state index in [2.05, 4.69) is 10.6 Å². The summed E-state index contributed by atoms with van der Waals surface area (Å²) in [6.07, 6.45) is 0.266. The van der Waals surface area contributed by atoms with Crippen molar-refractivity contribution in [2.45, 2.75) is 33.2 Å². The summed E-state index contributed by atoms with van der Waals surface area (Å²) in [4.78, 5) is 24.7. The van der Waals surface area contributed by atoms with Crippen molar-refractivity contribution in [3.05, 3.63) is 65.7 Å². The van der Waals surface area contributed by atoms with E-state index in [0.717, 1.165) is 16.8 Å². The lowest BCUT2D eigenvalue weighted by atomic mass is 10.0. The van der Waals surface area contributed by atoms with Crippen LogP contribution in [0.25, 0.3) is 0 Å². The van der Waals surface area contributed by atoms with Gasteiger partial charge in [-0.1, -0.05) is 61.9 Å². The Labute approximate surface area is 143 Å². The third-order valence-corrected chi connectivity index (χ3v) is 3.79. The van der Waals surface area contributed by atoms with Crippen LogP contribution < -0.4 is 10.6 Å². The Morgan fingerprint density at radius 2 is 1.58 bits per heavy atom. The van der Waals surface area contributed by atoms with E-state index in [1.165, 1.54) is 0 Å². The molecule has 0 aliphatic heterocycles. The van der Waals surface area contributed by atoms with Crippen molar-refractivity contribution in [3.8, 4) is 0 Å². The van der Waals surface area contributed by atoms with Gasteiger partial charge in [0.05, 0.1) is 6.42 Å². The maximum Gasteiger partial charge on any atom is 0.247 e. The first kappa shape index (κ1) is 17.7. The highest BCUT2D eigenvalue weighted by molar-refractivity contribution is 5.97. The Balaban J connectivity index is 1.98. The predicted molar refractivity (Wildman–Crippen MR) is 96.7 cm³/mol. The molecule has 1 unspecified atom stereocenters. The molecule has 2 aromatic carbocycles. The lowest BCUT2D eigenvalue weighted by molar-refractivity contribution is -0.127. The molecule has 24 heavy (non-hydrogen) atoms. The van der Waals surface area contributed by atoms with E-state index in [4.69, 9.17) is 0 Å². The zero-order valence-corrected chi connectivity index (χ0v) is 14.4. The molecule has 0 fully saturated rings. The largest absolute Gasteiger partial charge is 0.344 e. The quantitative estimate of drug-likeness (QED) is 0.856. The minimum absolute atomic E-state index is 0.00447. The molecule has 2 amide bonds. The number of amides is 2. The number of anilines is 1. The Hall–Kier alpha value is -2.62. The molecule has 0 heterocycles. The van der Waals surface area contributed by atoms with Crippen molar-refractivity contribution in [3.63, 3.8) is 0 Å². The van der Waals surface area contributed by atoms with Gasteiger partial charge in [0.15, 0.2) is 0 Å². The van der Waals surface area contributed by atoms with Gasteiger partial charge in [-0.2, -0.15) is 0 Å². The van der Waals surface area contributed by atoms with Gasteiger partial charge >= 0.3 is 0 Å². The summed E-state index contributed by atoms with van der Waals surface area (Å²) in [5.74, 6) is -0.357. The SMILES string of the molecule is Cc1ccc(NC(=O)C(NC(=O)Cc2ccccc2)C(C)C)cc1. The molecule has 0 radical (unpaired) electrons. The minimum atomic E-state index is -0.567. The average Bonchev–Trinajstić information content (AvgIpc) is 2.55. The number of carbonyl (C=O) groups is 2. The van der Waals surface area contributed by atoms with Gasteiger partial charge in [-0.3, -0.25) is 9.59 Å². The van der Waals surface area contributed by atoms with Crippen LogP contribution in [0.5, 0.6) is 0 Å². The molecule has 0 aliphatic rings. The third-order valence-electron chi connectivity index (χ3n) is 3.79. The van der Waals surface area contributed by atoms with Crippen molar-refractivity contribution < 1.29 is 9.59 Å². The van der Waals surface area contributed by atoms with Crippen LogP contribution in [-0.4, -0.2) is 17.9 Å². The molecule has 0 bridgehead atoms. The second kappa shape index (κ2) is 8.29. The van der Waals surface area contributed by atoms with Crippen molar-refractivity contribution in [1.82, 2.24) is 5.32 Å². The molecule has 2 N–H and O–H groups in total. The summed E-state index contributed by atoms with van der Waals surface area (Å²) in [5, 5.41) is 5.71. The van der Waals surface area contributed by atoms with E-state index in [0.29, 0.717) is 0 Å². The summed E-state index contributed by atoms with van der Waals surface area (Å²) >= 11 is 0. The number of nitrogens with one attached hydrogen (secondary N) is 2. The van der Waals surface area contributed by atoms with E-state index < -0.39 is 6.04 Å². The van der Waals surface area contributed by atoms with Gasteiger partial charge in [0, 0.05) is 5.69 Å². The van der Waals surface area contributed by atoms with Crippen molar-refractivity contribution in [2.24, 2.45) is 5.92 Å². The first-order chi connectivity index (χ1) is 11.5. The third kappa shape index (κ3) is 5.23. The van der Waals surface area contributed by atoms with E-state index in [9.17, 15) is 9.59 Å². The van der Waals surface area contributed by atoms with Crippen LogP contribution >= 0.6 is 0 Å². The predicted octanol–water partition coefficient (Wildman–Crippen LogP) is 3.32. The van der Waals surface area contributed by atoms with Crippen LogP contribution in [-0.2, 0) is 16.0 Å². The number of hydrogen-bond acceptors (Lipinski definition) is 2. The highest BCUT2D eigenvalue weighted by atomic mass is 16.2. The van der Waals surface area contributed by atoms with Crippen LogP contribution in [0.2, 0.25) is 0 Å². The van der Waals surface area contributed by atoms with Gasteiger partial charge in [-0.25, -0.2) is 0 Å². The first-order valence-corrected chi connectivity index (χ1v) is 8.16. The molecule has 0 spiro atoms. The topological polar surface area (TPSA) is 58.2 Å². The first-order valence-electron chi connectivity index (χ1n) is 8.16. The molecular formula is C20H24N2O2. The second-order valence-electron chi connectivity index (χ2n) is 6.31. The molecule has 0 saturated heterocycles. The Bertz CT molecular complexity index is 679. The van der Waals surface area contributed by atoms with Crippen molar-refractivity contribution >= 4 is 17.5 Å². The fourth-order valence-corrected chi connectivity index (χ4v) is 2.40. The number of benzene rings is 2. The normalized spacial score (nSPS) is 11.8. The molecule has 2 aromatic rings. The monoisotopic (exact) mass is 324 g/mol. The van der Waals surface area contributed by atoms with Crippen LogP contribution in [0.4, 0.5) is 5.69 Å². The fraction of sp³-hybridized carbons (Fsp3) is 0.300. The lowest BCUT2D eigenvalue weighted by Crippen LogP contribution is -2.47. The summed E-state index contributed by atoms with van der Waals surface area (Å²) in [5.41, 5.74) is 2.79. The molecule has 4 nitrogen and oxygen atoms in total. The van der Waals surface area contributed by atoms with Gasteiger partial charge in [0.25, 0.3) is 0 Å². The Morgan fingerprint density at radius 1 is 0.958 bits per heavy atom. The Kier molecular flexibility index (Phi) is 6.13. The Morgan fingerprint density at radius 3 is 2.17 bits per heavy atom. The summed E-state index contributed by atoms with van der Waals surface area (Å²) in [6, 6.07) is 16.5. The maximum absolute atomic E-state index is 12.5. The molecule has 0 aliphatic carbocycles. The molecule has 126 valence electrons. The minimum Gasteiger partial charge on any atom is -0.344 e. The number of rotatable bonds is 6. The zero-order chi connectivity index (χ0) is 17.5. The van der Waals surface area contributed by atoms with Crippen LogP contribution in [0, 0.1) is 12.8 Å². The smallest absolute Gasteiger partial charge is 0.247 e. The van der Waals surface area contributed by atoms with E-state index >= 15 is 0 Å². The van der Waals surface area contributed by atoms with Gasteiger partial charge in [0.2, 0.25) is 11.8 Å². The summed E-state index contributed by atoms with van der Waals surface area (Å²) < 4.78 is 0. The van der Waals surface area contributed by atoms with Crippen molar-refractivity contribution in [1.29, 1.82) is 0 Å². The molecular weight excluding hydrogens is 300 g/mol. The summed E-state index contributed by atoms with van der Waals surface area (Å²) in [7, 11) is 0. The summed E-state index contributed by atoms with van der Waals surface area (Å²) in [6.45, 7) is 5.83. The van der Waals surface area contributed by atoms with E-state index in [1.807, 2.05) is 75.4 Å². The standard InChI is InChI=1S/C20H24N2O2/c1-14(2)19(20(24)21-17-11-9-15(3)10-12-17)22-18(23)13-16-7-5-4-6-8-16/h4-12,14,19H,13H2,1-3H3,(H,21,24)(H,22,23). The number of hydrogen-bond donors (Lipinski definition) is 2. The van der Waals surface area contributed by atoms with Crippen LogP contribution in [0.15, 0.2) is 54.6 Å². The van der Waals surface area contributed by atoms with Gasteiger partial charge in [-0.05, 0) is 30.5 Å². The highest BCUT2D eigenvalue weighted by Crippen LogP contribution is 2.11. The molecule has 0 saturated carbocycles. The molecule has 1 atom stereocenters. The van der Waals surface area contributed by atoms with E-state index in [-0.39, 0.29) is 24.2 Å². The van der Waals surface area contributed by atoms with Gasteiger partial charge < -0.3 is 10.6 Å². The van der Waals surface area contributed by atoms with Gasteiger partial charge in [-0.15, -0.1) is 0 Å². The second-order valence-corrected chi connectivity index (χ2v) is 6.31. The van der Waals surface area contributed by atoms with Crippen LogP contribution in [0.3, 0.4) is 0 Å². The number of aryl methyl sites for hydroxylation is 1. The lowest BCUT2D eigenvalue weighted by Gasteiger charge is -2.22. The van der Waals surface area contributed by atoms with Crippen LogP contribution in [0.1, 0.15) is 25.0 Å². The fourth-order valence-electron chi connectivity index (χ4n) is 2.40.